The average molecular weight is 448 g/mol. The molecule has 0 aliphatic rings. The molecule has 8 nitrogen and oxygen atoms in total. The summed E-state index contributed by atoms with van der Waals surface area (Å²) in [7, 11) is 1.43. The van der Waals surface area contributed by atoms with Crippen LogP contribution in [0.5, 0.6) is 0 Å². The molecule has 0 unspecified atom stereocenters. The maximum absolute atomic E-state index is 12.9. The highest BCUT2D eigenvalue weighted by Gasteiger charge is 2.20. The first-order valence-corrected chi connectivity index (χ1v) is 9.23. The fourth-order valence-electron chi connectivity index (χ4n) is 2.64. The molecule has 0 radical (unpaired) electrons. The number of rotatable bonds is 6. The molecule has 0 spiro atoms. The van der Waals surface area contributed by atoms with Crippen LogP contribution >= 0.6 is 11.6 Å². The lowest BCUT2D eigenvalue weighted by molar-refractivity contribution is 0.0943. The van der Waals surface area contributed by atoms with Crippen molar-refractivity contribution in [3.8, 4) is 0 Å². The second kappa shape index (κ2) is 9.35. The van der Waals surface area contributed by atoms with Crippen molar-refractivity contribution in [3.05, 3.63) is 76.3 Å². The Hall–Kier alpha value is -3.79. The normalized spacial score (nSPS) is 10.6. The van der Waals surface area contributed by atoms with Gasteiger partial charge in [0, 0.05) is 24.0 Å². The molecular weight excluding hydrogens is 432 g/mol. The maximum Gasteiger partial charge on any atom is 0.276 e. The van der Waals surface area contributed by atoms with Crippen LogP contribution < -0.4 is 16.0 Å². The molecule has 31 heavy (non-hydrogen) atoms. The minimum atomic E-state index is -2.73. The van der Waals surface area contributed by atoms with E-state index >= 15 is 0 Å². The van der Waals surface area contributed by atoms with Crippen LogP contribution in [0.4, 0.5) is 20.2 Å². The summed E-state index contributed by atoms with van der Waals surface area (Å²) in [6.45, 7) is 0. The Bertz CT molecular complexity index is 1130. The van der Waals surface area contributed by atoms with Gasteiger partial charge in [0.25, 0.3) is 24.1 Å². The number of imidazole rings is 1. The van der Waals surface area contributed by atoms with Gasteiger partial charge in [0.1, 0.15) is 5.69 Å². The number of amides is 3. The van der Waals surface area contributed by atoms with E-state index in [1.807, 2.05) is 0 Å². The fraction of sp³-hybridized carbons (Fsp3) is 0.100. The van der Waals surface area contributed by atoms with Crippen molar-refractivity contribution in [2.75, 3.05) is 17.7 Å². The number of halogens is 3. The van der Waals surface area contributed by atoms with Crippen molar-refractivity contribution in [2.24, 2.45) is 0 Å². The van der Waals surface area contributed by atoms with Crippen LogP contribution in [-0.4, -0.2) is 34.7 Å². The standard InChI is InChI=1S/C20H16ClF2N5O3/c1-24-19(30)15-16(26-9-25-15)20(31)28-12-5-3-11(4-6-12)27-18(29)13-8-10(17(22)23)2-7-14(13)21/h2-9,17H,1H3,(H,24,30)(H,25,26)(H,27,29)(H,28,31). The van der Waals surface area contributed by atoms with Gasteiger partial charge in [-0.1, -0.05) is 17.7 Å². The fourth-order valence-corrected chi connectivity index (χ4v) is 2.85. The molecule has 0 fully saturated rings. The molecule has 1 aromatic heterocycles. The van der Waals surface area contributed by atoms with Crippen molar-refractivity contribution in [2.45, 2.75) is 6.43 Å². The third-order valence-electron chi connectivity index (χ3n) is 4.20. The van der Waals surface area contributed by atoms with Gasteiger partial charge in [0.2, 0.25) is 0 Å². The number of anilines is 2. The third kappa shape index (κ3) is 5.04. The minimum Gasteiger partial charge on any atom is -0.354 e. The van der Waals surface area contributed by atoms with Crippen molar-refractivity contribution < 1.29 is 23.2 Å². The van der Waals surface area contributed by atoms with E-state index in [0.29, 0.717) is 11.4 Å². The molecule has 0 aliphatic heterocycles. The Morgan fingerprint density at radius 1 is 0.968 bits per heavy atom. The van der Waals surface area contributed by atoms with E-state index in [9.17, 15) is 23.2 Å². The number of carbonyl (C=O) groups is 3. The summed E-state index contributed by atoms with van der Waals surface area (Å²) in [5.41, 5.74) is 0.273. The Balaban J connectivity index is 1.69. The number of benzene rings is 2. The highest BCUT2D eigenvalue weighted by molar-refractivity contribution is 6.34. The SMILES string of the molecule is CNC(=O)c1[nH]cnc1C(=O)Nc1ccc(NC(=O)c2cc(C(F)F)ccc2Cl)cc1. The molecule has 0 bridgehead atoms. The largest absolute Gasteiger partial charge is 0.354 e. The van der Waals surface area contributed by atoms with Gasteiger partial charge >= 0.3 is 0 Å². The van der Waals surface area contributed by atoms with Gasteiger partial charge in [0.05, 0.1) is 16.9 Å². The number of H-pyrrole nitrogens is 1. The van der Waals surface area contributed by atoms with Crippen LogP contribution in [0.3, 0.4) is 0 Å². The van der Waals surface area contributed by atoms with Crippen molar-refractivity contribution in [3.63, 3.8) is 0 Å². The van der Waals surface area contributed by atoms with E-state index in [0.717, 1.165) is 12.1 Å². The number of hydrogen-bond donors (Lipinski definition) is 4. The number of alkyl halides is 2. The zero-order valence-electron chi connectivity index (χ0n) is 16.0. The Kier molecular flexibility index (Phi) is 6.61. The first-order valence-electron chi connectivity index (χ1n) is 8.86. The van der Waals surface area contributed by atoms with Crippen molar-refractivity contribution >= 4 is 40.7 Å². The van der Waals surface area contributed by atoms with Gasteiger partial charge in [-0.15, -0.1) is 0 Å². The third-order valence-corrected chi connectivity index (χ3v) is 4.53. The molecule has 0 saturated carbocycles. The van der Waals surface area contributed by atoms with Gasteiger partial charge in [-0.05, 0) is 36.4 Å². The summed E-state index contributed by atoms with van der Waals surface area (Å²) < 4.78 is 25.7. The number of nitrogens with one attached hydrogen (secondary N) is 4. The number of nitrogens with zero attached hydrogens (tertiary/aromatic N) is 1. The first-order chi connectivity index (χ1) is 14.8. The van der Waals surface area contributed by atoms with E-state index in [4.69, 9.17) is 11.6 Å². The number of hydrogen-bond acceptors (Lipinski definition) is 4. The Morgan fingerprint density at radius 3 is 2.16 bits per heavy atom. The average Bonchev–Trinajstić information content (AvgIpc) is 3.24. The summed E-state index contributed by atoms with van der Waals surface area (Å²) in [5.74, 6) is -1.75. The Labute approximate surface area is 180 Å². The smallest absolute Gasteiger partial charge is 0.276 e. The first kappa shape index (κ1) is 21.9. The quantitative estimate of drug-likeness (QED) is 0.459. The molecule has 3 amide bonds. The molecule has 11 heteroatoms. The molecule has 3 aromatic rings. The lowest BCUT2D eigenvalue weighted by Crippen LogP contribution is -2.23. The summed E-state index contributed by atoms with van der Waals surface area (Å²) in [6, 6.07) is 9.44. The Morgan fingerprint density at radius 2 is 1.58 bits per heavy atom. The van der Waals surface area contributed by atoms with Crippen LogP contribution in [0.2, 0.25) is 5.02 Å². The summed E-state index contributed by atoms with van der Waals surface area (Å²) >= 11 is 5.95. The van der Waals surface area contributed by atoms with Crippen LogP contribution in [0.25, 0.3) is 0 Å². The second-order valence-electron chi connectivity index (χ2n) is 6.23. The number of aromatic amines is 1. The van der Waals surface area contributed by atoms with Gasteiger partial charge in [-0.2, -0.15) is 0 Å². The number of aromatic nitrogens is 2. The monoisotopic (exact) mass is 447 g/mol. The molecule has 0 saturated heterocycles. The maximum atomic E-state index is 12.9. The molecule has 3 rings (SSSR count). The predicted octanol–water partition coefficient (Wildman–Crippen LogP) is 3.86. The van der Waals surface area contributed by atoms with Crippen molar-refractivity contribution in [1.82, 2.24) is 15.3 Å². The van der Waals surface area contributed by atoms with E-state index in [1.54, 1.807) is 0 Å². The molecule has 1 heterocycles. The lowest BCUT2D eigenvalue weighted by Gasteiger charge is -2.10. The lowest BCUT2D eigenvalue weighted by atomic mass is 10.1. The van der Waals surface area contributed by atoms with E-state index in [1.165, 1.54) is 43.7 Å². The molecule has 0 atom stereocenters. The van der Waals surface area contributed by atoms with Crippen LogP contribution in [0.15, 0.2) is 48.8 Å². The molecule has 0 aliphatic carbocycles. The van der Waals surface area contributed by atoms with Gasteiger partial charge in [0.15, 0.2) is 5.69 Å². The molecule has 160 valence electrons. The van der Waals surface area contributed by atoms with Crippen LogP contribution in [0, 0.1) is 0 Å². The number of carbonyl (C=O) groups excluding carboxylic acids is 3. The van der Waals surface area contributed by atoms with Gasteiger partial charge < -0.3 is 20.9 Å². The van der Waals surface area contributed by atoms with Crippen LogP contribution in [0.1, 0.15) is 43.3 Å². The van der Waals surface area contributed by atoms with Gasteiger partial charge in [-0.3, -0.25) is 14.4 Å². The highest BCUT2D eigenvalue weighted by Crippen LogP contribution is 2.25. The van der Waals surface area contributed by atoms with Gasteiger partial charge in [-0.25, -0.2) is 13.8 Å². The van der Waals surface area contributed by atoms with E-state index in [-0.39, 0.29) is 27.5 Å². The van der Waals surface area contributed by atoms with E-state index in [2.05, 4.69) is 25.9 Å². The predicted molar refractivity (Wildman–Crippen MR) is 111 cm³/mol. The van der Waals surface area contributed by atoms with Crippen molar-refractivity contribution in [1.29, 1.82) is 0 Å². The molecular formula is C20H16ClF2N5O3. The zero-order chi connectivity index (χ0) is 22.5. The van der Waals surface area contributed by atoms with E-state index < -0.39 is 24.1 Å². The summed E-state index contributed by atoms with van der Waals surface area (Å²) in [5, 5.41) is 7.58. The topological polar surface area (TPSA) is 116 Å². The highest BCUT2D eigenvalue weighted by atomic mass is 35.5. The van der Waals surface area contributed by atoms with Crippen LogP contribution in [-0.2, 0) is 0 Å². The second-order valence-corrected chi connectivity index (χ2v) is 6.64. The molecule has 2 aromatic carbocycles. The minimum absolute atomic E-state index is 0.0202. The molecule has 4 N–H and O–H groups in total. The zero-order valence-corrected chi connectivity index (χ0v) is 16.8. The summed E-state index contributed by atoms with van der Waals surface area (Å²) in [4.78, 5) is 43.0. The summed E-state index contributed by atoms with van der Waals surface area (Å²) in [6.07, 6.45) is -1.50.